The van der Waals surface area contributed by atoms with Crippen molar-refractivity contribution in [2.45, 2.75) is 39.8 Å². The topological polar surface area (TPSA) is 128 Å². The lowest BCUT2D eigenvalue weighted by atomic mass is 9.93. The van der Waals surface area contributed by atoms with Crippen LogP contribution in [-0.2, 0) is 6.54 Å². The van der Waals surface area contributed by atoms with Gasteiger partial charge in [0.1, 0.15) is 23.4 Å². The van der Waals surface area contributed by atoms with E-state index in [0.717, 1.165) is 75.2 Å². The van der Waals surface area contributed by atoms with E-state index in [1.165, 1.54) is 6.07 Å². The van der Waals surface area contributed by atoms with E-state index in [2.05, 4.69) is 52.5 Å². The first-order chi connectivity index (χ1) is 22.3. The molecule has 3 aromatic carbocycles. The molecule has 228 valence electrons. The number of likely N-dealkylation sites (tertiary alicyclic amines) is 1. The zero-order chi connectivity index (χ0) is 31.9. The van der Waals surface area contributed by atoms with Gasteiger partial charge in [0.15, 0.2) is 11.4 Å². The van der Waals surface area contributed by atoms with Gasteiger partial charge in [0.2, 0.25) is 5.89 Å². The lowest BCUT2D eigenvalue weighted by Gasteiger charge is -2.17. The van der Waals surface area contributed by atoms with Gasteiger partial charge in [-0.2, -0.15) is 5.26 Å². The van der Waals surface area contributed by atoms with E-state index in [1.54, 1.807) is 6.07 Å². The van der Waals surface area contributed by atoms with E-state index in [9.17, 15) is 15.2 Å². The lowest BCUT2D eigenvalue weighted by Crippen LogP contribution is -2.21. The second-order valence-corrected chi connectivity index (χ2v) is 12.0. The van der Waals surface area contributed by atoms with Gasteiger partial charge in [-0.15, -0.1) is 0 Å². The van der Waals surface area contributed by atoms with Crippen molar-refractivity contribution in [1.29, 1.82) is 5.26 Å². The zero-order valence-electron chi connectivity index (χ0n) is 25.8. The summed E-state index contributed by atoms with van der Waals surface area (Å²) in [5, 5.41) is 24.1. The van der Waals surface area contributed by atoms with Crippen LogP contribution >= 0.6 is 0 Å². The summed E-state index contributed by atoms with van der Waals surface area (Å²) in [4.78, 5) is 27.9. The molecule has 3 aromatic heterocycles. The molecule has 1 aliphatic rings. The van der Waals surface area contributed by atoms with E-state index in [0.29, 0.717) is 41.2 Å². The maximum absolute atomic E-state index is 11.4. The molecule has 7 rings (SSSR count). The number of nitrogens with zero attached hydrogens (tertiary/aromatic N) is 5. The van der Waals surface area contributed by atoms with Crippen LogP contribution in [0.5, 0.6) is 0 Å². The molecule has 6 aromatic rings. The summed E-state index contributed by atoms with van der Waals surface area (Å²) >= 11 is 0. The average molecular weight is 609 g/mol. The van der Waals surface area contributed by atoms with E-state index >= 15 is 0 Å². The van der Waals surface area contributed by atoms with Crippen LogP contribution in [-0.4, -0.2) is 50.4 Å². The van der Waals surface area contributed by atoms with E-state index in [-0.39, 0.29) is 11.7 Å². The number of rotatable bonds is 7. The van der Waals surface area contributed by atoms with Crippen molar-refractivity contribution in [1.82, 2.24) is 19.9 Å². The SMILES string of the molecule is Cc1cc2cc(CN3CC[C@@H](O)C3)cnc2c(Nc2cccc(-c3cccc(-c4nc5cc(C=O)cc(C#N)c5o4)c3C)c2C)n1. The Labute approximate surface area is 266 Å². The number of fused-ring (bicyclic) bond motifs is 2. The van der Waals surface area contributed by atoms with Gasteiger partial charge in [-0.05, 0) is 91.4 Å². The van der Waals surface area contributed by atoms with Crippen molar-refractivity contribution in [3.8, 4) is 28.7 Å². The van der Waals surface area contributed by atoms with E-state index in [4.69, 9.17) is 14.4 Å². The molecule has 0 aliphatic carbocycles. The lowest BCUT2D eigenvalue weighted by molar-refractivity contribution is 0.112. The molecule has 1 aliphatic heterocycles. The molecule has 0 saturated carbocycles. The molecule has 1 atom stereocenters. The number of aryl methyl sites for hydroxylation is 1. The van der Waals surface area contributed by atoms with Gasteiger partial charge in [0, 0.05) is 53.7 Å². The molecule has 1 fully saturated rings. The number of anilines is 2. The van der Waals surface area contributed by atoms with Crippen molar-refractivity contribution in [2.75, 3.05) is 18.4 Å². The Morgan fingerprint density at radius 1 is 1.04 bits per heavy atom. The summed E-state index contributed by atoms with van der Waals surface area (Å²) in [5.74, 6) is 1.08. The number of aromatic nitrogens is 3. The summed E-state index contributed by atoms with van der Waals surface area (Å²) in [5.41, 5.74) is 10.1. The number of nitriles is 1. The molecule has 1 saturated heterocycles. The molecule has 9 nitrogen and oxygen atoms in total. The molecular weight excluding hydrogens is 576 g/mol. The molecule has 46 heavy (non-hydrogen) atoms. The molecule has 0 amide bonds. The van der Waals surface area contributed by atoms with Crippen molar-refractivity contribution < 1.29 is 14.3 Å². The Morgan fingerprint density at radius 3 is 2.59 bits per heavy atom. The Balaban J connectivity index is 1.23. The first kappa shape index (κ1) is 29.3. The Hall–Kier alpha value is -5.43. The Kier molecular flexibility index (Phi) is 7.53. The molecule has 4 heterocycles. The summed E-state index contributed by atoms with van der Waals surface area (Å²) in [6.45, 7) is 8.43. The van der Waals surface area contributed by atoms with Crippen LogP contribution in [0.4, 0.5) is 11.5 Å². The van der Waals surface area contributed by atoms with E-state index in [1.807, 2.05) is 44.3 Å². The van der Waals surface area contributed by atoms with Gasteiger partial charge in [0.25, 0.3) is 0 Å². The number of aliphatic hydroxyl groups excluding tert-OH is 1. The number of benzene rings is 3. The smallest absolute Gasteiger partial charge is 0.227 e. The van der Waals surface area contributed by atoms with Crippen molar-refractivity contribution in [2.24, 2.45) is 0 Å². The van der Waals surface area contributed by atoms with Crippen molar-refractivity contribution >= 4 is 39.8 Å². The minimum Gasteiger partial charge on any atom is -0.435 e. The van der Waals surface area contributed by atoms with Gasteiger partial charge < -0.3 is 14.8 Å². The number of aliphatic hydroxyl groups is 1. The maximum atomic E-state index is 11.4. The second kappa shape index (κ2) is 11.8. The Morgan fingerprint density at radius 2 is 1.83 bits per heavy atom. The molecule has 0 unspecified atom stereocenters. The first-order valence-corrected chi connectivity index (χ1v) is 15.2. The minimum atomic E-state index is -0.252. The third kappa shape index (κ3) is 5.38. The van der Waals surface area contributed by atoms with Gasteiger partial charge >= 0.3 is 0 Å². The molecule has 9 heteroatoms. The maximum Gasteiger partial charge on any atom is 0.227 e. The molecular formula is C37H32N6O3. The highest BCUT2D eigenvalue weighted by Gasteiger charge is 2.21. The third-order valence-electron chi connectivity index (χ3n) is 8.71. The zero-order valence-corrected chi connectivity index (χ0v) is 25.8. The van der Waals surface area contributed by atoms with Crippen LogP contribution in [0.2, 0.25) is 0 Å². The van der Waals surface area contributed by atoms with Gasteiger partial charge in [0.05, 0.1) is 11.7 Å². The predicted octanol–water partition coefficient (Wildman–Crippen LogP) is 7.02. The van der Waals surface area contributed by atoms with Crippen LogP contribution in [0.1, 0.15) is 44.7 Å². The highest BCUT2D eigenvalue weighted by atomic mass is 16.3. The normalized spacial score (nSPS) is 15.0. The fourth-order valence-electron chi connectivity index (χ4n) is 6.38. The molecule has 0 radical (unpaired) electrons. The van der Waals surface area contributed by atoms with Gasteiger partial charge in [-0.25, -0.2) is 9.97 Å². The summed E-state index contributed by atoms with van der Waals surface area (Å²) in [7, 11) is 0. The number of hydrogen-bond acceptors (Lipinski definition) is 9. The number of carbonyl (C=O) groups is 1. The standard InChI is InChI=1S/C37H32N6O3/c1-21-12-26-14-25(18-43-11-10-28(45)19-43)17-39-34(26)36(40-21)41-32-9-5-7-30(23(32)3)29-6-4-8-31(22(29)2)37-42-33-15-24(20-44)13-27(16-38)35(33)46-37/h4-9,12-15,17,20,28,45H,10-11,18-19H2,1-3H3,(H,40,41)/t28-/m1/s1. The average Bonchev–Trinajstić information content (AvgIpc) is 3.67. The quantitative estimate of drug-likeness (QED) is 0.184. The molecule has 0 spiro atoms. The van der Waals surface area contributed by atoms with Crippen molar-refractivity contribution in [3.63, 3.8) is 0 Å². The van der Waals surface area contributed by atoms with Crippen LogP contribution in [0.3, 0.4) is 0 Å². The van der Waals surface area contributed by atoms with Gasteiger partial charge in [-0.3, -0.25) is 14.7 Å². The predicted molar refractivity (Wildman–Crippen MR) is 178 cm³/mol. The number of oxazole rings is 1. The number of hydrogen-bond donors (Lipinski definition) is 2. The molecule has 0 bridgehead atoms. The monoisotopic (exact) mass is 608 g/mol. The van der Waals surface area contributed by atoms with Crippen LogP contribution in [0, 0.1) is 32.1 Å². The number of aldehydes is 1. The first-order valence-electron chi connectivity index (χ1n) is 15.2. The van der Waals surface area contributed by atoms with Crippen LogP contribution < -0.4 is 5.32 Å². The largest absolute Gasteiger partial charge is 0.435 e. The second-order valence-electron chi connectivity index (χ2n) is 12.0. The number of nitrogens with one attached hydrogen (secondary N) is 1. The molecule has 2 N–H and O–H groups in total. The summed E-state index contributed by atoms with van der Waals surface area (Å²) in [6, 6.07) is 21.6. The third-order valence-corrected chi connectivity index (χ3v) is 8.71. The number of carbonyl (C=O) groups excluding carboxylic acids is 1. The van der Waals surface area contributed by atoms with Crippen LogP contribution in [0.25, 0.3) is 44.6 Å². The van der Waals surface area contributed by atoms with Crippen LogP contribution in [0.15, 0.2) is 71.3 Å². The summed E-state index contributed by atoms with van der Waals surface area (Å²) < 4.78 is 6.09. The van der Waals surface area contributed by atoms with Crippen molar-refractivity contribution in [3.05, 3.63) is 100 Å². The highest BCUT2D eigenvalue weighted by molar-refractivity contribution is 5.92. The van der Waals surface area contributed by atoms with Gasteiger partial charge in [-0.1, -0.05) is 24.3 Å². The minimum absolute atomic E-state index is 0.252. The fourth-order valence-corrected chi connectivity index (χ4v) is 6.38. The number of β-amino-alcohol motifs (C(OH)–C–C–N with tert-alkyl or cyclic N) is 1. The highest BCUT2D eigenvalue weighted by Crippen LogP contribution is 2.37. The summed E-state index contributed by atoms with van der Waals surface area (Å²) in [6.07, 6.45) is 3.16. The number of pyridine rings is 2. The fraction of sp³-hybridized carbons (Fsp3) is 0.216. The Bertz CT molecular complexity index is 2200. The van der Waals surface area contributed by atoms with E-state index < -0.39 is 0 Å².